The van der Waals surface area contributed by atoms with Crippen LogP contribution < -0.4 is 0 Å². The zero-order chi connectivity index (χ0) is 23.5. The third-order valence-corrected chi connectivity index (χ3v) is 5.48. The number of rotatable bonds is 9. The third-order valence-electron chi connectivity index (χ3n) is 5.48. The number of furan rings is 1. The van der Waals surface area contributed by atoms with E-state index in [0.29, 0.717) is 30.2 Å². The van der Waals surface area contributed by atoms with E-state index in [1.54, 1.807) is 42.5 Å². The van der Waals surface area contributed by atoms with E-state index in [9.17, 15) is 24.6 Å². The van der Waals surface area contributed by atoms with Crippen LogP contribution in [0.3, 0.4) is 0 Å². The first kappa shape index (κ1) is 21.9. The molecule has 0 atom stereocenters. The van der Waals surface area contributed by atoms with Crippen molar-refractivity contribution in [1.29, 1.82) is 0 Å². The fraction of sp³-hybridized carbons (Fsp3) is 0.160. The number of aromatic hydroxyl groups is 1. The molecule has 4 rings (SSSR count). The van der Waals surface area contributed by atoms with Crippen molar-refractivity contribution in [2.24, 2.45) is 0 Å². The van der Waals surface area contributed by atoms with Gasteiger partial charge in [0.15, 0.2) is 5.75 Å². The number of carboxylic acids is 2. The second kappa shape index (κ2) is 9.04. The van der Waals surface area contributed by atoms with Crippen LogP contribution in [0.1, 0.15) is 51.5 Å². The number of aromatic amines is 1. The summed E-state index contributed by atoms with van der Waals surface area (Å²) in [7, 11) is 0. The van der Waals surface area contributed by atoms with E-state index in [1.165, 1.54) is 6.20 Å². The average molecular weight is 447 g/mol. The van der Waals surface area contributed by atoms with Crippen LogP contribution >= 0.6 is 0 Å². The standard InChI is InChI=1S/C25H21NO7/c27-18(28)12-5-4-9-15-10-6-11-16-17(13-26-20(15)16)21(29)24-22(30)19(23(33-24)25(31)32)14-7-2-1-3-8-14/h1-3,6-8,10-11,13,26,30H,4-5,9,12H2,(H,27,28)(H,31,32). The second-order valence-corrected chi connectivity index (χ2v) is 7.63. The summed E-state index contributed by atoms with van der Waals surface area (Å²) in [5, 5.41) is 29.7. The number of benzene rings is 2. The lowest BCUT2D eigenvalue weighted by Gasteiger charge is -2.04. The highest BCUT2D eigenvalue weighted by Gasteiger charge is 2.31. The lowest BCUT2D eigenvalue weighted by Crippen LogP contribution is -2.00. The maximum atomic E-state index is 13.3. The highest BCUT2D eigenvalue weighted by molar-refractivity contribution is 6.18. The molecule has 168 valence electrons. The number of H-pyrrole nitrogens is 1. The van der Waals surface area contributed by atoms with Gasteiger partial charge in [0.25, 0.3) is 0 Å². The van der Waals surface area contributed by atoms with E-state index in [2.05, 4.69) is 4.98 Å². The fourth-order valence-electron chi connectivity index (χ4n) is 3.93. The van der Waals surface area contributed by atoms with Crippen LogP contribution in [0.2, 0.25) is 0 Å². The smallest absolute Gasteiger partial charge is 0.372 e. The number of unbranched alkanes of at least 4 members (excludes halogenated alkanes) is 1. The summed E-state index contributed by atoms with van der Waals surface area (Å²) in [5.41, 5.74) is 2.25. The van der Waals surface area contributed by atoms with Gasteiger partial charge in [-0.2, -0.15) is 0 Å². The number of carboxylic acid groups (broad SMARTS) is 2. The van der Waals surface area contributed by atoms with E-state index in [-0.39, 0.29) is 17.5 Å². The van der Waals surface area contributed by atoms with Gasteiger partial charge in [-0.15, -0.1) is 0 Å². The number of aliphatic carboxylic acids is 1. The minimum Gasteiger partial charge on any atom is -0.504 e. The molecule has 2 heterocycles. The summed E-state index contributed by atoms with van der Waals surface area (Å²) >= 11 is 0. The Hall–Kier alpha value is -4.33. The van der Waals surface area contributed by atoms with Crippen LogP contribution in [-0.2, 0) is 11.2 Å². The molecule has 0 unspecified atom stereocenters. The van der Waals surface area contributed by atoms with Gasteiger partial charge >= 0.3 is 11.9 Å². The molecule has 2 aromatic carbocycles. The maximum Gasteiger partial charge on any atom is 0.372 e. The van der Waals surface area contributed by atoms with Gasteiger partial charge < -0.3 is 24.7 Å². The Labute approximate surface area is 188 Å². The number of nitrogens with one attached hydrogen (secondary N) is 1. The first-order chi connectivity index (χ1) is 15.9. The van der Waals surface area contributed by atoms with Crippen molar-refractivity contribution >= 4 is 28.6 Å². The lowest BCUT2D eigenvalue weighted by molar-refractivity contribution is -0.137. The van der Waals surface area contributed by atoms with Crippen molar-refractivity contribution in [1.82, 2.24) is 4.98 Å². The fourth-order valence-corrected chi connectivity index (χ4v) is 3.93. The van der Waals surface area contributed by atoms with E-state index >= 15 is 0 Å². The lowest BCUT2D eigenvalue weighted by atomic mass is 10.00. The first-order valence-corrected chi connectivity index (χ1v) is 10.4. The average Bonchev–Trinajstić information content (AvgIpc) is 3.38. The number of hydrogen-bond acceptors (Lipinski definition) is 5. The molecule has 8 heteroatoms. The van der Waals surface area contributed by atoms with Gasteiger partial charge in [0.2, 0.25) is 17.3 Å². The molecule has 33 heavy (non-hydrogen) atoms. The Morgan fingerprint density at radius 1 is 0.909 bits per heavy atom. The molecule has 2 aromatic heterocycles. The first-order valence-electron chi connectivity index (χ1n) is 10.4. The molecule has 4 aromatic rings. The Morgan fingerprint density at radius 2 is 1.67 bits per heavy atom. The Bertz CT molecular complexity index is 1350. The molecule has 0 amide bonds. The van der Waals surface area contributed by atoms with Crippen LogP contribution in [0.4, 0.5) is 0 Å². The minimum absolute atomic E-state index is 0.0505. The molecule has 0 saturated carbocycles. The molecule has 0 spiro atoms. The van der Waals surface area contributed by atoms with Crippen molar-refractivity contribution in [3.63, 3.8) is 0 Å². The summed E-state index contributed by atoms with van der Waals surface area (Å²) in [4.78, 5) is 38.8. The number of carbonyl (C=O) groups is 3. The number of fused-ring (bicyclic) bond motifs is 1. The summed E-state index contributed by atoms with van der Waals surface area (Å²) in [6, 6.07) is 13.8. The molecule has 8 nitrogen and oxygen atoms in total. The highest BCUT2D eigenvalue weighted by atomic mass is 16.4. The summed E-state index contributed by atoms with van der Waals surface area (Å²) in [6.45, 7) is 0. The number of ketones is 1. The van der Waals surface area contributed by atoms with E-state index in [4.69, 9.17) is 9.52 Å². The number of para-hydroxylation sites is 1. The van der Waals surface area contributed by atoms with E-state index in [1.807, 2.05) is 6.07 Å². The monoisotopic (exact) mass is 447 g/mol. The van der Waals surface area contributed by atoms with Crippen LogP contribution in [0.25, 0.3) is 22.0 Å². The number of hydrogen-bond donors (Lipinski definition) is 4. The van der Waals surface area contributed by atoms with Gasteiger partial charge in [-0.05, 0) is 30.4 Å². The molecule has 0 aliphatic carbocycles. The van der Waals surface area contributed by atoms with Crippen molar-refractivity contribution in [3.05, 3.63) is 77.4 Å². The molecular weight excluding hydrogens is 426 g/mol. The van der Waals surface area contributed by atoms with Crippen LogP contribution in [-0.4, -0.2) is 38.0 Å². The van der Waals surface area contributed by atoms with Gasteiger partial charge in [-0.3, -0.25) is 9.59 Å². The van der Waals surface area contributed by atoms with Crippen LogP contribution in [0, 0.1) is 0 Å². The molecule has 0 aliphatic rings. The van der Waals surface area contributed by atoms with Crippen molar-refractivity contribution < 1.29 is 34.1 Å². The summed E-state index contributed by atoms with van der Waals surface area (Å²) in [5.74, 6) is -4.37. The third kappa shape index (κ3) is 4.23. The maximum absolute atomic E-state index is 13.3. The molecule has 0 aliphatic heterocycles. The Kier molecular flexibility index (Phi) is 5.99. The quantitative estimate of drug-likeness (QED) is 0.212. The van der Waals surface area contributed by atoms with Gasteiger partial charge in [-0.25, -0.2) is 4.79 Å². The normalized spacial score (nSPS) is 11.0. The predicted octanol–water partition coefficient (Wildman–Crippen LogP) is 4.86. The van der Waals surface area contributed by atoms with Crippen LogP contribution in [0.5, 0.6) is 5.75 Å². The van der Waals surface area contributed by atoms with Crippen LogP contribution in [0.15, 0.2) is 59.1 Å². The number of aryl methyl sites for hydroxylation is 1. The van der Waals surface area contributed by atoms with Gasteiger partial charge in [-0.1, -0.05) is 48.5 Å². The van der Waals surface area contributed by atoms with E-state index < -0.39 is 35.0 Å². The van der Waals surface area contributed by atoms with Gasteiger partial charge in [0, 0.05) is 23.5 Å². The molecule has 0 saturated heterocycles. The molecule has 0 bridgehead atoms. The molecule has 4 N–H and O–H groups in total. The summed E-state index contributed by atoms with van der Waals surface area (Å²) in [6.07, 6.45) is 3.44. The Morgan fingerprint density at radius 3 is 2.36 bits per heavy atom. The Balaban J connectivity index is 1.70. The topological polar surface area (TPSA) is 141 Å². The summed E-state index contributed by atoms with van der Waals surface area (Å²) < 4.78 is 5.36. The number of carbonyl (C=O) groups excluding carboxylic acids is 1. The molecular formula is C25H21NO7. The van der Waals surface area contributed by atoms with Crippen molar-refractivity contribution in [3.8, 4) is 16.9 Å². The predicted molar refractivity (Wildman–Crippen MR) is 120 cm³/mol. The largest absolute Gasteiger partial charge is 0.504 e. The van der Waals surface area contributed by atoms with E-state index in [0.717, 1.165) is 11.1 Å². The van der Waals surface area contributed by atoms with Gasteiger partial charge in [0.1, 0.15) is 0 Å². The number of aromatic carboxylic acids is 1. The molecule has 0 radical (unpaired) electrons. The van der Waals surface area contributed by atoms with Crippen molar-refractivity contribution in [2.45, 2.75) is 25.7 Å². The zero-order valence-electron chi connectivity index (χ0n) is 17.5. The minimum atomic E-state index is -1.40. The number of aromatic nitrogens is 1. The molecule has 0 fully saturated rings. The second-order valence-electron chi connectivity index (χ2n) is 7.63. The van der Waals surface area contributed by atoms with Crippen molar-refractivity contribution in [2.75, 3.05) is 0 Å². The SMILES string of the molecule is O=C(O)CCCCc1cccc2c(C(=O)c3oc(C(=O)O)c(-c4ccccc4)c3O)c[nH]c12. The zero-order valence-corrected chi connectivity index (χ0v) is 17.5. The highest BCUT2D eigenvalue weighted by Crippen LogP contribution is 2.40. The van der Waals surface area contributed by atoms with Gasteiger partial charge in [0.05, 0.1) is 11.1 Å².